The molecule has 152 valence electrons. The molecule has 2 aromatic carbocycles. The van der Waals surface area contributed by atoms with Crippen molar-refractivity contribution in [2.75, 3.05) is 0 Å². The molecule has 1 aliphatic rings. The number of aromatic nitrogens is 1. The van der Waals surface area contributed by atoms with Gasteiger partial charge >= 0.3 is 6.03 Å². The van der Waals surface area contributed by atoms with Crippen molar-refractivity contribution in [2.45, 2.75) is 13.0 Å². The molecule has 9 heteroatoms. The molecule has 0 radical (unpaired) electrons. The number of imide groups is 1. The summed E-state index contributed by atoms with van der Waals surface area (Å²) >= 11 is 6.12. The molecule has 0 aliphatic carbocycles. The fraction of sp³-hybridized carbons (Fsp3) is 0.0952. The number of halogens is 3. The maximum atomic E-state index is 13.6. The number of fused-ring (bicyclic) bond motifs is 1. The number of rotatable bonds is 4. The van der Waals surface area contributed by atoms with Crippen LogP contribution in [-0.4, -0.2) is 28.1 Å². The maximum Gasteiger partial charge on any atom is 0.329 e. The summed E-state index contributed by atoms with van der Waals surface area (Å²) in [6.07, 6.45) is 3.46. The van der Waals surface area contributed by atoms with Crippen LogP contribution in [0.4, 0.5) is 13.6 Å². The second-order valence-corrected chi connectivity index (χ2v) is 7.16. The predicted molar refractivity (Wildman–Crippen MR) is 107 cm³/mol. The fourth-order valence-corrected chi connectivity index (χ4v) is 3.56. The predicted octanol–water partition coefficient (Wildman–Crippen LogP) is 4.24. The van der Waals surface area contributed by atoms with Crippen molar-refractivity contribution >= 4 is 46.8 Å². The lowest BCUT2D eigenvalue weighted by Crippen LogP contribution is -2.35. The van der Waals surface area contributed by atoms with E-state index in [1.165, 1.54) is 6.08 Å². The van der Waals surface area contributed by atoms with E-state index in [9.17, 15) is 23.2 Å². The van der Waals surface area contributed by atoms with E-state index in [0.717, 1.165) is 34.7 Å². The molecule has 6 nitrogen and oxygen atoms in total. The molecule has 3 aromatic rings. The van der Waals surface area contributed by atoms with Gasteiger partial charge in [-0.1, -0.05) is 23.7 Å². The van der Waals surface area contributed by atoms with Gasteiger partial charge in [-0.3, -0.25) is 4.79 Å². The summed E-state index contributed by atoms with van der Waals surface area (Å²) in [5.74, 6) is -3.05. The van der Waals surface area contributed by atoms with Crippen molar-refractivity contribution in [3.05, 3.63) is 75.6 Å². The van der Waals surface area contributed by atoms with Gasteiger partial charge in [-0.15, -0.1) is 0 Å². The number of urea groups is 1. The number of aldehydes is 1. The van der Waals surface area contributed by atoms with Crippen LogP contribution in [0.15, 0.2) is 42.2 Å². The Bertz CT molecular complexity index is 1250. The average molecular weight is 430 g/mol. The molecule has 4 rings (SSSR count). The number of amides is 3. The third-order valence-corrected chi connectivity index (χ3v) is 5.39. The first-order chi connectivity index (χ1) is 14.3. The van der Waals surface area contributed by atoms with Crippen LogP contribution in [0.1, 0.15) is 22.7 Å². The zero-order valence-electron chi connectivity index (χ0n) is 15.5. The average Bonchev–Trinajstić information content (AvgIpc) is 3.24. The summed E-state index contributed by atoms with van der Waals surface area (Å²) in [6, 6.07) is 4.02. The SMILES string of the molecule is Cc1c(Cl)ccc2c(/C=C3\NC(=O)N(C(C=O)c4ccc(F)c(F)c4)C3=O)c[nH]c12. The van der Waals surface area contributed by atoms with E-state index in [1.807, 2.05) is 6.92 Å². The van der Waals surface area contributed by atoms with Crippen LogP contribution in [0.2, 0.25) is 5.02 Å². The lowest BCUT2D eigenvalue weighted by molar-refractivity contribution is -0.128. The summed E-state index contributed by atoms with van der Waals surface area (Å²) in [5.41, 5.74) is 2.18. The summed E-state index contributed by atoms with van der Waals surface area (Å²) in [7, 11) is 0. The third-order valence-electron chi connectivity index (χ3n) is 4.98. The lowest BCUT2D eigenvalue weighted by atomic mass is 10.1. The fourth-order valence-electron chi connectivity index (χ4n) is 3.40. The van der Waals surface area contributed by atoms with Crippen molar-refractivity contribution in [2.24, 2.45) is 0 Å². The van der Waals surface area contributed by atoms with Gasteiger partial charge in [-0.05, 0) is 42.3 Å². The lowest BCUT2D eigenvalue weighted by Gasteiger charge is -2.20. The van der Waals surface area contributed by atoms with Crippen LogP contribution in [0.3, 0.4) is 0 Å². The standard InChI is InChI=1S/C21H14ClF2N3O3/c1-10-14(22)4-3-13-12(8-25-19(10)13)7-17-20(29)27(21(30)26-17)18(9-28)11-2-5-15(23)16(24)6-11/h2-9,18,25H,1H3,(H,26,30)/b17-7-. The quantitative estimate of drug-likeness (QED) is 0.369. The minimum Gasteiger partial charge on any atom is -0.360 e. The van der Waals surface area contributed by atoms with Gasteiger partial charge in [0.25, 0.3) is 5.91 Å². The smallest absolute Gasteiger partial charge is 0.329 e. The Kier molecular flexibility index (Phi) is 4.87. The van der Waals surface area contributed by atoms with E-state index in [-0.39, 0.29) is 11.3 Å². The molecule has 2 N–H and O–H groups in total. The molecule has 3 amide bonds. The summed E-state index contributed by atoms with van der Waals surface area (Å²) in [5, 5.41) is 3.80. The molecule has 0 spiro atoms. The Hall–Kier alpha value is -3.52. The van der Waals surface area contributed by atoms with Gasteiger partial charge in [0.2, 0.25) is 0 Å². The highest BCUT2D eigenvalue weighted by Crippen LogP contribution is 2.30. The first-order valence-electron chi connectivity index (χ1n) is 8.84. The third kappa shape index (κ3) is 3.15. The topological polar surface area (TPSA) is 82.3 Å². The first kappa shape index (κ1) is 19.8. The number of H-pyrrole nitrogens is 1. The number of hydrogen-bond donors (Lipinski definition) is 2. The van der Waals surface area contributed by atoms with E-state index in [0.29, 0.717) is 21.8 Å². The monoisotopic (exact) mass is 429 g/mol. The van der Waals surface area contributed by atoms with E-state index in [4.69, 9.17) is 11.6 Å². The molecule has 1 fully saturated rings. The van der Waals surface area contributed by atoms with Gasteiger partial charge in [0.1, 0.15) is 18.0 Å². The van der Waals surface area contributed by atoms with Gasteiger partial charge in [0.15, 0.2) is 11.6 Å². The number of benzene rings is 2. The first-order valence-corrected chi connectivity index (χ1v) is 9.22. The van der Waals surface area contributed by atoms with Crippen LogP contribution < -0.4 is 5.32 Å². The van der Waals surface area contributed by atoms with Gasteiger partial charge < -0.3 is 15.1 Å². The van der Waals surface area contributed by atoms with Gasteiger partial charge in [0.05, 0.1) is 5.52 Å². The van der Waals surface area contributed by atoms with Gasteiger partial charge in [0, 0.05) is 22.2 Å². The zero-order chi connectivity index (χ0) is 21.6. The van der Waals surface area contributed by atoms with E-state index in [2.05, 4.69) is 10.3 Å². The minimum atomic E-state index is -1.40. The van der Waals surface area contributed by atoms with Crippen LogP contribution in [0.25, 0.3) is 17.0 Å². The highest BCUT2D eigenvalue weighted by atomic mass is 35.5. The summed E-state index contributed by atoms with van der Waals surface area (Å²) in [6.45, 7) is 1.85. The Labute approximate surface area is 174 Å². The van der Waals surface area contributed by atoms with Crippen LogP contribution in [0.5, 0.6) is 0 Å². The number of nitrogens with zero attached hydrogens (tertiary/aromatic N) is 1. The van der Waals surface area contributed by atoms with E-state index in [1.54, 1.807) is 18.3 Å². The molecule has 1 saturated heterocycles. The molecule has 1 unspecified atom stereocenters. The Morgan fingerprint density at radius 2 is 1.90 bits per heavy atom. The minimum absolute atomic E-state index is 0.0222. The molecular formula is C21H14ClF2N3O3. The van der Waals surface area contributed by atoms with Crippen molar-refractivity contribution in [1.29, 1.82) is 0 Å². The number of aryl methyl sites for hydroxylation is 1. The number of hydrogen-bond acceptors (Lipinski definition) is 3. The second kappa shape index (κ2) is 7.38. The van der Waals surface area contributed by atoms with Crippen molar-refractivity contribution < 1.29 is 23.2 Å². The Morgan fingerprint density at radius 1 is 1.13 bits per heavy atom. The number of aromatic amines is 1. The molecule has 1 aliphatic heterocycles. The second-order valence-electron chi connectivity index (χ2n) is 6.76. The van der Waals surface area contributed by atoms with Crippen LogP contribution in [-0.2, 0) is 9.59 Å². The molecule has 30 heavy (non-hydrogen) atoms. The van der Waals surface area contributed by atoms with Crippen LogP contribution in [0, 0.1) is 18.6 Å². The highest BCUT2D eigenvalue weighted by Gasteiger charge is 2.39. The van der Waals surface area contributed by atoms with Gasteiger partial charge in [-0.2, -0.15) is 0 Å². The maximum absolute atomic E-state index is 13.6. The summed E-state index contributed by atoms with van der Waals surface area (Å²) in [4.78, 5) is 40.6. The normalized spacial score (nSPS) is 16.4. The Balaban J connectivity index is 1.71. The van der Waals surface area contributed by atoms with E-state index < -0.39 is 29.6 Å². The van der Waals surface area contributed by atoms with E-state index >= 15 is 0 Å². The largest absolute Gasteiger partial charge is 0.360 e. The molecule has 0 bridgehead atoms. The van der Waals surface area contributed by atoms with Crippen molar-refractivity contribution in [1.82, 2.24) is 15.2 Å². The summed E-state index contributed by atoms with van der Waals surface area (Å²) < 4.78 is 26.8. The van der Waals surface area contributed by atoms with Crippen LogP contribution >= 0.6 is 11.6 Å². The van der Waals surface area contributed by atoms with Gasteiger partial charge in [-0.25, -0.2) is 18.5 Å². The molecular weight excluding hydrogens is 416 g/mol. The molecule has 1 aromatic heterocycles. The number of nitrogens with one attached hydrogen (secondary N) is 2. The molecule has 0 saturated carbocycles. The Morgan fingerprint density at radius 3 is 2.60 bits per heavy atom. The number of carbonyl (C=O) groups is 3. The highest BCUT2D eigenvalue weighted by molar-refractivity contribution is 6.32. The van der Waals surface area contributed by atoms with Crippen molar-refractivity contribution in [3.8, 4) is 0 Å². The molecule has 1 atom stereocenters. The zero-order valence-corrected chi connectivity index (χ0v) is 16.3. The molecule has 2 heterocycles. The number of carbonyl (C=O) groups excluding carboxylic acids is 3. The van der Waals surface area contributed by atoms with Crippen molar-refractivity contribution in [3.63, 3.8) is 0 Å².